The fourth-order valence-corrected chi connectivity index (χ4v) is 1.84. The van der Waals surface area contributed by atoms with Crippen LogP contribution in [-0.2, 0) is 6.42 Å². The Kier molecular flexibility index (Phi) is 3.20. The van der Waals surface area contributed by atoms with Gasteiger partial charge in [-0.1, -0.05) is 35.9 Å². The molecule has 2 nitrogen and oxygen atoms in total. The van der Waals surface area contributed by atoms with Crippen LogP contribution < -0.4 is 0 Å². The summed E-state index contributed by atoms with van der Waals surface area (Å²) in [5.41, 5.74) is 2.88. The highest BCUT2D eigenvalue weighted by Gasteiger charge is 2.04. The second-order valence-corrected chi connectivity index (χ2v) is 3.96. The molecule has 2 rings (SSSR count). The number of aromatic carboxylic acids is 1. The average molecular weight is 214 g/mol. The first-order valence-electron chi connectivity index (χ1n) is 5.42. The van der Waals surface area contributed by atoms with Crippen molar-refractivity contribution in [2.24, 2.45) is 0 Å². The molecule has 1 aromatic rings. The number of carboxylic acid groups (broad SMARTS) is 1. The summed E-state index contributed by atoms with van der Waals surface area (Å²) in [7, 11) is 0. The van der Waals surface area contributed by atoms with Gasteiger partial charge >= 0.3 is 5.97 Å². The van der Waals surface area contributed by atoms with E-state index >= 15 is 0 Å². The van der Waals surface area contributed by atoms with Gasteiger partial charge in [0.25, 0.3) is 0 Å². The van der Waals surface area contributed by atoms with Crippen LogP contribution >= 0.6 is 0 Å². The molecule has 0 fully saturated rings. The Morgan fingerprint density at radius 2 is 2.19 bits per heavy atom. The van der Waals surface area contributed by atoms with E-state index in [1.807, 2.05) is 6.07 Å². The lowest BCUT2D eigenvalue weighted by molar-refractivity contribution is 0.0697. The molecule has 0 aliphatic heterocycles. The monoisotopic (exact) mass is 214 g/mol. The maximum atomic E-state index is 10.8. The molecule has 0 radical (unpaired) electrons. The number of hydrogen-bond donors (Lipinski definition) is 1. The van der Waals surface area contributed by atoms with Gasteiger partial charge in [0.15, 0.2) is 0 Å². The summed E-state index contributed by atoms with van der Waals surface area (Å²) < 4.78 is 0. The van der Waals surface area contributed by atoms with Gasteiger partial charge in [0, 0.05) is 0 Å². The largest absolute Gasteiger partial charge is 0.478 e. The van der Waals surface area contributed by atoms with E-state index in [9.17, 15) is 4.79 Å². The van der Waals surface area contributed by atoms with Crippen molar-refractivity contribution in [3.05, 3.63) is 59.2 Å². The Hall–Kier alpha value is -1.83. The third-order valence-corrected chi connectivity index (χ3v) is 2.76. The lowest BCUT2D eigenvalue weighted by Crippen LogP contribution is -1.97. The minimum atomic E-state index is -0.858. The van der Waals surface area contributed by atoms with E-state index in [-0.39, 0.29) is 0 Å². The van der Waals surface area contributed by atoms with Crippen molar-refractivity contribution in [3.63, 3.8) is 0 Å². The normalized spacial score (nSPS) is 13.9. The van der Waals surface area contributed by atoms with Crippen LogP contribution in [0.1, 0.15) is 28.8 Å². The summed E-state index contributed by atoms with van der Waals surface area (Å²) in [6.07, 6.45) is 9.32. The standard InChI is InChI=1S/C14H14O2/c15-14(16)13-7-3-6-12(10-13)9-8-11-4-1-2-5-11/h1-4,6-7,10H,5,8-9H2,(H,15,16). The Morgan fingerprint density at radius 1 is 1.31 bits per heavy atom. The van der Waals surface area contributed by atoms with Gasteiger partial charge in [-0.05, 0) is 37.0 Å². The van der Waals surface area contributed by atoms with Gasteiger partial charge in [-0.3, -0.25) is 0 Å². The van der Waals surface area contributed by atoms with Crippen LogP contribution in [0.3, 0.4) is 0 Å². The van der Waals surface area contributed by atoms with Crippen molar-refractivity contribution >= 4 is 5.97 Å². The summed E-state index contributed by atoms with van der Waals surface area (Å²) in [5, 5.41) is 8.87. The second-order valence-electron chi connectivity index (χ2n) is 3.96. The SMILES string of the molecule is O=C(O)c1cccc(CCC2=CC=CC2)c1. The van der Waals surface area contributed by atoms with Crippen molar-refractivity contribution in [2.45, 2.75) is 19.3 Å². The fraction of sp³-hybridized carbons (Fsp3) is 0.214. The molecule has 0 saturated carbocycles. The molecule has 16 heavy (non-hydrogen) atoms. The maximum Gasteiger partial charge on any atom is 0.335 e. The maximum absolute atomic E-state index is 10.8. The lowest BCUT2D eigenvalue weighted by Gasteiger charge is -2.03. The summed E-state index contributed by atoms with van der Waals surface area (Å²) in [6, 6.07) is 7.17. The molecular formula is C14H14O2. The summed E-state index contributed by atoms with van der Waals surface area (Å²) >= 11 is 0. The van der Waals surface area contributed by atoms with Crippen LogP contribution in [0.15, 0.2) is 48.1 Å². The predicted molar refractivity (Wildman–Crippen MR) is 63.6 cm³/mol. The van der Waals surface area contributed by atoms with Crippen LogP contribution in [0, 0.1) is 0 Å². The topological polar surface area (TPSA) is 37.3 Å². The van der Waals surface area contributed by atoms with Gasteiger partial charge in [-0.25, -0.2) is 4.79 Å². The van der Waals surface area contributed by atoms with Crippen molar-refractivity contribution in [2.75, 3.05) is 0 Å². The number of benzene rings is 1. The molecule has 2 heteroatoms. The third kappa shape index (κ3) is 2.60. The van der Waals surface area contributed by atoms with Crippen LogP contribution in [-0.4, -0.2) is 11.1 Å². The predicted octanol–water partition coefficient (Wildman–Crippen LogP) is 3.20. The molecule has 82 valence electrons. The molecule has 1 aliphatic rings. The molecule has 0 heterocycles. The van der Waals surface area contributed by atoms with Crippen LogP contribution in [0.4, 0.5) is 0 Å². The summed E-state index contributed by atoms with van der Waals surface area (Å²) in [6.45, 7) is 0. The van der Waals surface area contributed by atoms with Gasteiger partial charge in [0.05, 0.1) is 5.56 Å². The molecule has 0 spiro atoms. The smallest absolute Gasteiger partial charge is 0.335 e. The van der Waals surface area contributed by atoms with E-state index in [0.717, 1.165) is 24.8 Å². The molecule has 1 aliphatic carbocycles. The summed E-state index contributed by atoms with van der Waals surface area (Å²) in [5.74, 6) is -0.858. The molecule has 0 aromatic heterocycles. The Bertz CT molecular complexity index is 456. The number of rotatable bonds is 4. The average Bonchev–Trinajstić information content (AvgIpc) is 2.79. The molecular weight excluding hydrogens is 200 g/mol. The Morgan fingerprint density at radius 3 is 2.88 bits per heavy atom. The van der Waals surface area contributed by atoms with Crippen molar-refractivity contribution < 1.29 is 9.90 Å². The number of carbonyl (C=O) groups is 1. The molecule has 0 unspecified atom stereocenters. The second kappa shape index (κ2) is 4.79. The molecule has 1 aromatic carbocycles. The zero-order valence-corrected chi connectivity index (χ0v) is 9.02. The highest BCUT2D eigenvalue weighted by atomic mass is 16.4. The van der Waals surface area contributed by atoms with Gasteiger partial charge < -0.3 is 5.11 Å². The zero-order chi connectivity index (χ0) is 11.4. The van der Waals surface area contributed by atoms with Gasteiger partial charge in [-0.2, -0.15) is 0 Å². The van der Waals surface area contributed by atoms with Crippen LogP contribution in [0.2, 0.25) is 0 Å². The third-order valence-electron chi connectivity index (χ3n) is 2.76. The highest BCUT2D eigenvalue weighted by molar-refractivity contribution is 5.87. The minimum Gasteiger partial charge on any atom is -0.478 e. The Balaban J connectivity index is 1.99. The zero-order valence-electron chi connectivity index (χ0n) is 9.02. The first kappa shape index (κ1) is 10.7. The van der Waals surface area contributed by atoms with E-state index in [1.165, 1.54) is 5.57 Å². The van der Waals surface area contributed by atoms with E-state index < -0.39 is 5.97 Å². The fourth-order valence-electron chi connectivity index (χ4n) is 1.84. The van der Waals surface area contributed by atoms with Gasteiger partial charge in [-0.15, -0.1) is 0 Å². The number of aryl methyl sites for hydroxylation is 1. The highest BCUT2D eigenvalue weighted by Crippen LogP contribution is 2.17. The first-order valence-corrected chi connectivity index (χ1v) is 5.42. The number of hydrogen-bond acceptors (Lipinski definition) is 1. The molecule has 0 saturated heterocycles. The van der Waals surface area contributed by atoms with Crippen molar-refractivity contribution in [1.29, 1.82) is 0 Å². The minimum absolute atomic E-state index is 0.371. The van der Waals surface area contributed by atoms with Crippen LogP contribution in [0.5, 0.6) is 0 Å². The van der Waals surface area contributed by atoms with Crippen molar-refractivity contribution in [3.8, 4) is 0 Å². The van der Waals surface area contributed by atoms with E-state index in [1.54, 1.807) is 18.2 Å². The van der Waals surface area contributed by atoms with Gasteiger partial charge in [0.2, 0.25) is 0 Å². The van der Waals surface area contributed by atoms with E-state index in [2.05, 4.69) is 18.2 Å². The first-order chi connectivity index (χ1) is 7.75. The van der Waals surface area contributed by atoms with Crippen molar-refractivity contribution in [1.82, 2.24) is 0 Å². The summed E-state index contributed by atoms with van der Waals surface area (Å²) in [4.78, 5) is 10.8. The molecule has 0 atom stereocenters. The van der Waals surface area contributed by atoms with Gasteiger partial charge in [0.1, 0.15) is 0 Å². The quantitative estimate of drug-likeness (QED) is 0.835. The van der Waals surface area contributed by atoms with E-state index in [0.29, 0.717) is 5.56 Å². The molecule has 0 bridgehead atoms. The Labute approximate surface area is 94.9 Å². The number of allylic oxidation sites excluding steroid dienone is 4. The van der Waals surface area contributed by atoms with E-state index in [4.69, 9.17) is 5.11 Å². The lowest BCUT2D eigenvalue weighted by atomic mass is 10.0. The molecule has 1 N–H and O–H groups in total. The van der Waals surface area contributed by atoms with Crippen LogP contribution in [0.25, 0.3) is 0 Å². The number of carboxylic acids is 1. The molecule has 0 amide bonds.